The van der Waals surface area contributed by atoms with Crippen molar-refractivity contribution in [3.05, 3.63) is 56.9 Å². The van der Waals surface area contributed by atoms with Crippen molar-refractivity contribution < 1.29 is 19.4 Å². The van der Waals surface area contributed by atoms with E-state index in [0.29, 0.717) is 30.9 Å². The second-order valence-electron chi connectivity index (χ2n) is 7.02. The molecule has 0 radical (unpaired) electrons. The highest BCUT2D eigenvalue weighted by Gasteiger charge is 2.24. The van der Waals surface area contributed by atoms with Gasteiger partial charge < -0.3 is 14.6 Å². The number of rotatable bonds is 11. The fraction of sp³-hybridized carbons (Fsp3) is 0.435. The summed E-state index contributed by atoms with van der Waals surface area (Å²) in [6.45, 7) is 4.75. The van der Waals surface area contributed by atoms with Gasteiger partial charge in [0.05, 0.1) is 12.2 Å². The number of methoxy groups -OCH3 is 1. The first-order chi connectivity index (χ1) is 14.5. The lowest BCUT2D eigenvalue weighted by atomic mass is 9.97. The van der Waals surface area contributed by atoms with Crippen LogP contribution in [0.2, 0.25) is 0 Å². The van der Waals surface area contributed by atoms with Crippen LogP contribution in [0.4, 0.5) is 0 Å². The number of carbonyl (C=O) groups is 1. The van der Waals surface area contributed by atoms with E-state index in [1.165, 1.54) is 14.0 Å². The average Bonchev–Trinajstić information content (AvgIpc) is 2.74. The fourth-order valence-electron chi connectivity index (χ4n) is 3.19. The molecule has 0 aliphatic heterocycles. The van der Waals surface area contributed by atoms with E-state index in [2.05, 4.69) is 6.92 Å². The van der Waals surface area contributed by atoms with Crippen LogP contribution in [0.15, 0.2) is 29.1 Å². The van der Waals surface area contributed by atoms with Gasteiger partial charge in [-0.25, -0.2) is 0 Å². The highest BCUT2D eigenvalue weighted by molar-refractivity contribution is 6.11. The van der Waals surface area contributed by atoms with Crippen molar-refractivity contribution in [2.75, 3.05) is 20.3 Å². The van der Waals surface area contributed by atoms with E-state index < -0.39 is 17.2 Å². The number of benzene rings is 1. The normalized spacial score (nSPS) is 10.6. The van der Waals surface area contributed by atoms with Gasteiger partial charge in [0.15, 0.2) is 5.78 Å². The van der Waals surface area contributed by atoms with Crippen LogP contribution in [0, 0.1) is 18.3 Å². The predicted molar refractivity (Wildman–Crippen MR) is 113 cm³/mol. The fourth-order valence-corrected chi connectivity index (χ4v) is 3.19. The third-order valence-electron chi connectivity index (χ3n) is 4.89. The van der Waals surface area contributed by atoms with Crippen LogP contribution < -0.4 is 10.3 Å². The van der Waals surface area contributed by atoms with Crippen LogP contribution in [-0.2, 0) is 11.3 Å². The van der Waals surface area contributed by atoms with Crippen molar-refractivity contribution >= 4 is 5.78 Å². The number of carbonyl (C=O) groups excluding carboxylic acids is 1. The van der Waals surface area contributed by atoms with Gasteiger partial charge in [0, 0.05) is 25.8 Å². The first kappa shape index (κ1) is 23.2. The molecule has 0 spiro atoms. The molecule has 1 aromatic carbocycles. The molecular weight excluding hydrogens is 384 g/mol. The summed E-state index contributed by atoms with van der Waals surface area (Å²) in [6.07, 6.45) is 3.62. The lowest BCUT2D eigenvalue weighted by molar-refractivity contribution is 0.103. The van der Waals surface area contributed by atoms with Crippen LogP contribution in [0.25, 0.3) is 0 Å². The third-order valence-corrected chi connectivity index (χ3v) is 4.89. The van der Waals surface area contributed by atoms with E-state index in [9.17, 15) is 20.0 Å². The third kappa shape index (κ3) is 5.28. The van der Waals surface area contributed by atoms with Crippen LogP contribution in [0.3, 0.4) is 0 Å². The monoisotopic (exact) mass is 412 g/mol. The first-order valence-electron chi connectivity index (χ1n) is 10.1. The summed E-state index contributed by atoms with van der Waals surface area (Å²) in [5.74, 6) is -0.233. The number of aromatic hydroxyl groups is 1. The molecule has 0 aliphatic carbocycles. The molecule has 2 rings (SSSR count). The van der Waals surface area contributed by atoms with E-state index in [4.69, 9.17) is 9.47 Å². The van der Waals surface area contributed by atoms with Gasteiger partial charge in [-0.15, -0.1) is 0 Å². The first-order valence-corrected chi connectivity index (χ1v) is 10.1. The Bertz CT molecular complexity index is 971. The van der Waals surface area contributed by atoms with Crippen LogP contribution in [0.1, 0.15) is 59.7 Å². The quantitative estimate of drug-likeness (QED) is 0.447. The molecule has 1 aromatic heterocycles. The number of unbranched alkanes of at least 4 members (excludes halogenated alkanes) is 2. The van der Waals surface area contributed by atoms with Crippen molar-refractivity contribution in [1.29, 1.82) is 5.26 Å². The lowest BCUT2D eigenvalue weighted by Crippen LogP contribution is -2.27. The largest absolute Gasteiger partial charge is 0.494 e. The number of ether oxygens (including phenoxy) is 2. The maximum absolute atomic E-state index is 13.1. The maximum Gasteiger partial charge on any atom is 0.271 e. The molecule has 0 saturated carbocycles. The summed E-state index contributed by atoms with van der Waals surface area (Å²) in [7, 11) is 1.53. The van der Waals surface area contributed by atoms with Crippen LogP contribution >= 0.6 is 0 Å². The van der Waals surface area contributed by atoms with Gasteiger partial charge in [0.1, 0.15) is 17.4 Å². The van der Waals surface area contributed by atoms with Gasteiger partial charge in [-0.2, -0.15) is 5.26 Å². The van der Waals surface area contributed by atoms with Gasteiger partial charge in [0.2, 0.25) is 5.88 Å². The number of pyridine rings is 1. The summed E-state index contributed by atoms with van der Waals surface area (Å²) < 4.78 is 11.7. The number of ketones is 1. The summed E-state index contributed by atoms with van der Waals surface area (Å²) in [4.78, 5) is 25.7. The van der Waals surface area contributed by atoms with Crippen molar-refractivity contribution in [2.45, 2.75) is 46.1 Å². The second kappa shape index (κ2) is 11.2. The number of nitriles is 1. The van der Waals surface area contributed by atoms with E-state index in [1.54, 1.807) is 24.3 Å². The van der Waals surface area contributed by atoms with Gasteiger partial charge >= 0.3 is 0 Å². The minimum atomic E-state index is -0.615. The molecular formula is C23H28N2O5. The Morgan fingerprint density at radius 1 is 1.17 bits per heavy atom. The molecule has 1 heterocycles. The molecule has 1 N–H and O–H groups in total. The molecule has 2 aromatic rings. The molecule has 0 amide bonds. The van der Waals surface area contributed by atoms with Gasteiger partial charge in [-0.3, -0.25) is 14.2 Å². The van der Waals surface area contributed by atoms with Crippen molar-refractivity contribution in [1.82, 2.24) is 4.57 Å². The Labute approximate surface area is 176 Å². The van der Waals surface area contributed by atoms with Gasteiger partial charge in [-0.05, 0) is 49.6 Å². The molecule has 0 saturated heterocycles. The Kier molecular flexibility index (Phi) is 8.63. The van der Waals surface area contributed by atoms with E-state index in [0.717, 1.165) is 23.8 Å². The standard InChI is InChI=1S/C23H28N2O5/c1-4-5-6-14-30-18-10-8-17(9-11-18)21(26)20-16(2)19(15-24)22(27)25(23(20)28)12-7-13-29-3/h8-11,28H,4-7,12-14H2,1-3H3. The SMILES string of the molecule is CCCCCOc1ccc(C(=O)c2c(C)c(C#N)c(=O)n(CCCOC)c2O)cc1. The zero-order valence-corrected chi connectivity index (χ0v) is 17.7. The smallest absolute Gasteiger partial charge is 0.271 e. The van der Waals surface area contributed by atoms with Crippen molar-refractivity contribution in [2.24, 2.45) is 0 Å². The van der Waals surface area contributed by atoms with E-state index >= 15 is 0 Å². The van der Waals surface area contributed by atoms with Crippen LogP contribution in [-0.4, -0.2) is 35.8 Å². The molecule has 0 unspecified atom stereocenters. The summed E-state index contributed by atoms with van der Waals surface area (Å²) in [5.41, 5.74) is -0.297. The molecule has 0 aliphatic rings. The molecule has 160 valence electrons. The minimum absolute atomic E-state index is 0.0415. The minimum Gasteiger partial charge on any atom is -0.494 e. The van der Waals surface area contributed by atoms with Crippen molar-refractivity contribution in [3.63, 3.8) is 0 Å². The topological polar surface area (TPSA) is 102 Å². The number of hydrogen-bond acceptors (Lipinski definition) is 6. The highest BCUT2D eigenvalue weighted by Crippen LogP contribution is 2.26. The van der Waals surface area contributed by atoms with Gasteiger partial charge in [0.25, 0.3) is 5.56 Å². The zero-order chi connectivity index (χ0) is 22.1. The Balaban J connectivity index is 2.35. The van der Waals surface area contributed by atoms with E-state index in [-0.39, 0.29) is 23.2 Å². The average molecular weight is 412 g/mol. The summed E-state index contributed by atoms with van der Waals surface area (Å²) >= 11 is 0. The summed E-state index contributed by atoms with van der Waals surface area (Å²) in [5, 5.41) is 20.1. The van der Waals surface area contributed by atoms with Gasteiger partial charge in [-0.1, -0.05) is 19.8 Å². The Morgan fingerprint density at radius 3 is 2.47 bits per heavy atom. The Hall–Kier alpha value is -3.11. The number of nitrogens with zero attached hydrogens (tertiary/aromatic N) is 2. The van der Waals surface area contributed by atoms with E-state index in [1.807, 2.05) is 6.07 Å². The van der Waals surface area contributed by atoms with Crippen molar-refractivity contribution in [3.8, 4) is 17.7 Å². The molecule has 0 fully saturated rings. The lowest BCUT2D eigenvalue weighted by Gasteiger charge is -2.15. The van der Waals surface area contributed by atoms with Crippen LogP contribution in [0.5, 0.6) is 11.6 Å². The Morgan fingerprint density at radius 2 is 1.87 bits per heavy atom. The number of hydrogen-bond donors (Lipinski definition) is 1. The molecule has 7 heteroatoms. The number of aromatic nitrogens is 1. The highest BCUT2D eigenvalue weighted by atomic mass is 16.5. The second-order valence-corrected chi connectivity index (χ2v) is 7.02. The maximum atomic E-state index is 13.1. The molecule has 30 heavy (non-hydrogen) atoms. The zero-order valence-electron chi connectivity index (χ0n) is 17.7. The summed E-state index contributed by atoms with van der Waals surface area (Å²) in [6, 6.07) is 8.49. The molecule has 0 bridgehead atoms. The predicted octanol–water partition coefficient (Wildman–Crippen LogP) is 3.57. The molecule has 0 atom stereocenters. The molecule has 7 nitrogen and oxygen atoms in total.